The van der Waals surface area contributed by atoms with E-state index in [0.29, 0.717) is 81.9 Å². The van der Waals surface area contributed by atoms with E-state index in [-0.39, 0.29) is 114 Å². The number of rotatable bonds is 23. The summed E-state index contributed by atoms with van der Waals surface area (Å²) in [6.07, 6.45) is 19.3. The predicted octanol–water partition coefficient (Wildman–Crippen LogP) is 19.5. The number of esters is 1. The second-order valence-corrected chi connectivity index (χ2v) is 34.8. The molecule has 0 spiro atoms. The number of hydrogen-bond acceptors (Lipinski definition) is 20. The van der Waals surface area contributed by atoms with Crippen LogP contribution in [0.2, 0.25) is 0 Å². The lowest BCUT2D eigenvalue weighted by atomic mass is 9.97. The minimum absolute atomic E-state index is 0.0368. The summed E-state index contributed by atoms with van der Waals surface area (Å²) in [6.45, 7) is 53.0. The summed E-state index contributed by atoms with van der Waals surface area (Å²) in [6, 6.07) is 48.7. The molecule has 0 unspecified atom stereocenters. The molecule has 0 aliphatic carbocycles. The first-order valence-electron chi connectivity index (χ1n) is 44.1. The molecule has 10 heterocycles. The number of fused-ring (bicyclic) bond motifs is 3. The van der Waals surface area contributed by atoms with Gasteiger partial charge >= 0.3 is 29.4 Å². The summed E-state index contributed by atoms with van der Waals surface area (Å²) in [5.41, 5.74) is 14.2. The van der Waals surface area contributed by atoms with Crippen molar-refractivity contribution in [1.82, 2.24) is 88.1 Å². The number of hydrogen-bond donors (Lipinski definition) is 3. The third kappa shape index (κ3) is 28.9. The fraction of sp³-hybridized carbons (Fsp3) is 0.320. The maximum absolute atomic E-state index is 12.6. The smallest absolute Gasteiger partial charge is 0.348 e. The van der Waals surface area contributed by atoms with Crippen molar-refractivity contribution in [2.24, 2.45) is 10.4 Å². The molecule has 694 valence electrons. The molecule has 3 aliphatic rings. The number of benzene rings is 5. The lowest BCUT2D eigenvalue weighted by molar-refractivity contribution is -0.143. The van der Waals surface area contributed by atoms with Crippen molar-refractivity contribution in [1.29, 1.82) is 0 Å². The Morgan fingerprint density at radius 3 is 1.60 bits per heavy atom. The molecular weight excluding hydrogens is 1680 g/mol. The van der Waals surface area contributed by atoms with Gasteiger partial charge in [0.25, 0.3) is 0 Å². The standard InChI is InChI=1S/C28H31N5O4.C17H20N2O.C16H16N4O.C16H18N2O.C9H11N3O.C9H14N2O.C8H12N2O/c1-18(2)33-17-29-23-24(33)31-27(30-22(34)15-19-9-7-6-8-10-19)32-25(23)36-16-20-11-13-21(14-12-20)37-26(35)28(3,4)5;1-12(2)19-11-14(4)16(18-17(19)20)10-13(3)15-8-6-5-7-9-15;1-11(2)20-10-19-15-13(17-9-18-16(15)20)8-14(21)12-6-4-3-5-7-12;1-12(2)18-10-9-15(17-16(18)19)11-13(3)14-7-5-4-6-8-14;1-6(2)12-5-11-8-7(13)3-4-10-9(8)12;1-6(2)11-5-7(3)8(4)10-9(11)12;1-6(2)10-5-4-7(3)9-8(10)11/h6-14,17-18H,15-16H2,1-5H3,(H,30,31,32,34);5-9,11-12H,3,10H2,1-2,4H3;3-7,9-11H,8H2,1-2H3;4-10,12H,3,11H2,1-2H3;4-6H,3H2,1-2H3;5-6H,4H2,1-3H3,(H,10,12);4-6H,3H2,1-2H3,(H,9,11). The maximum atomic E-state index is 12.6. The van der Waals surface area contributed by atoms with Gasteiger partial charge in [0.1, 0.15) is 24.2 Å². The first-order valence-corrected chi connectivity index (χ1v) is 44.1. The third-order valence-corrected chi connectivity index (χ3v) is 20.8. The molecule has 3 N–H and O–H groups in total. The van der Waals surface area contributed by atoms with Crippen LogP contribution in [0.4, 0.5) is 21.4 Å². The van der Waals surface area contributed by atoms with E-state index in [1.54, 1.807) is 95.5 Å². The molecule has 0 radical (unpaired) electrons. The molecule has 0 fully saturated rings. The van der Waals surface area contributed by atoms with Gasteiger partial charge in [-0.1, -0.05) is 160 Å². The molecule has 15 rings (SSSR count). The van der Waals surface area contributed by atoms with E-state index in [9.17, 15) is 38.4 Å². The van der Waals surface area contributed by atoms with Gasteiger partial charge in [-0.3, -0.25) is 43.4 Å². The normalized spacial score (nSPS) is 12.7. The number of amides is 5. The number of anilines is 1. The number of aryl methyl sites for hydroxylation is 1. The molecule has 133 heavy (non-hydrogen) atoms. The zero-order chi connectivity index (χ0) is 97.1. The van der Waals surface area contributed by atoms with Gasteiger partial charge in [0.2, 0.25) is 17.7 Å². The number of allylic oxidation sites excluding steroid dienone is 4. The number of ether oxygens (including phenoxy) is 2. The Morgan fingerprint density at radius 2 is 1.05 bits per heavy atom. The first kappa shape index (κ1) is 102. The number of aromatic nitrogens is 14. The third-order valence-electron chi connectivity index (χ3n) is 20.8. The van der Waals surface area contributed by atoms with Gasteiger partial charge in [0, 0.05) is 110 Å². The van der Waals surface area contributed by atoms with Crippen molar-refractivity contribution in [3.63, 3.8) is 0 Å². The highest BCUT2D eigenvalue weighted by Crippen LogP contribution is 2.30. The minimum Gasteiger partial charge on any atom is -0.471 e. The van der Waals surface area contributed by atoms with E-state index in [2.05, 4.69) is 106 Å². The number of aliphatic imine (C=N–C) groups is 1. The number of ketones is 2. The monoisotopic (exact) mass is 1800 g/mol. The number of nitrogens with zero attached hydrogens (tertiary/aromatic N) is 17. The van der Waals surface area contributed by atoms with E-state index >= 15 is 0 Å². The van der Waals surface area contributed by atoms with Gasteiger partial charge in [0.05, 0.1) is 54.3 Å². The topological polar surface area (TPSA) is 351 Å². The average molecular weight is 1800 g/mol. The molecule has 30 heteroatoms. The van der Waals surface area contributed by atoms with Gasteiger partial charge in [-0.2, -0.15) is 19.9 Å². The van der Waals surface area contributed by atoms with Crippen LogP contribution >= 0.6 is 0 Å². The number of nitrogens with one attached hydrogen (secondary N) is 3. The Balaban J connectivity index is 0.000000182. The van der Waals surface area contributed by atoms with Crippen LogP contribution in [-0.4, -0.2) is 131 Å². The van der Waals surface area contributed by atoms with Crippen LogP contribution < -0.4 is 36.8 Å². The molecule has 5 aromatic carbocycles. The van der Waals surface area contributed by atoms with Gasteiger partial charge in [0.15, 0.2) is 39.9 Å². The number of imidazole rings is 3. The summed E-state index contributed by atoms with van der Waals surface area (Å²) in [4.78, 5) is 141. The Morgan fingerprint density at radius 1 is 0.511 bits per heavy atom. The quantitative estimate of drug-likeness (QED) is 0.0304. The van der Waals surface area contributed by atoms with Crippen LogP contribution in [0.5, 0.6) is 11.6 Å². The summed E-state index contributed by atoms with van der Waals surface area (Å²) in [5, 5.41) is 8.09. The van der Waals surface area contributed by atoms with Crippen molar-refractivity contribution in [2.75, 3.05) is 5.32 Å². The lowest BCUT2D eigenvalue weighted by Crippen LogP contribution is -2.43. The number of carbonyl (C=O) groups excluding carboxylic acids is 6. The predicted molar refractivity (Wildman–Crippen MR) is 523 cm³/mol. The molecule has 5 amide bonds. The van der Waals surface area contributed by atoms with Gasteiger partial charge in [-0.05, 0) is 200 Å². The summed E-state index contributed by atoms with van der Waals surface area (Å²) < 4.78 is 20.5. The maximum Gasteiger partial charge on any atom is 0.348 e. The second-order valence-electron chi connectivity index (χ2n) is 34.8. The second kappa shape index (κ2) is 47.5. The van der Waals surface area contributed by atoms with E-state index < -0.39 is 5.41 Å². The van der Waals surface area contributed by atoms with Crippen molar-refractivity contribution in [3.8, 4) is 11.6 Å². The Hall–Kier alpha value is -15.1. The van der Waals surface area contributed by atoms with Crippen molar-refractivity contribution in [2.45, 2.75) is 213 Å². The van der Waals surface area contributed by atoms with Crippen molar-refractivity contribution < 1.29 is 38.2 Å². The highest BCUT2D eigenvalue weighted by Gasteiger charge is 2.27. The molecular formula is C103H122N20O10. The van der Waals surface area contributed by atoms with E-state index in [0.717, 1.165) is 61.6 Å². The molecule has 0 saturated carbocycles. The highest BCUT2D eigenvalue weighted by atomic mass is 16.5. The average Bonchev–Trinajstić information content (AvgIpc) is 1.64. The van der Waals surface area contributed by atoms with Crippen LogP contribution in [0.25, 0.3) is 33.5 Å². The van der Waals surface area contributed by atoms with E-state index in [1.807, 2.05) is 263 Å². The molecule has 0 atom stereocenters. The van der Waals surface area contributed by atoms with Crippen molar-refractivity contribution in [3.05, 3.63) is 328 Å². The van der Waals surface area contributed by atoms with Crippen LogP contribution in [-0.2, 0) is 41.9 Å². The van der Waals surface area contributed by atoms with Gasteiger partial charge < -0.3 is 33.8 Å². The summed E-state index contributed by atoms with van der Waals surface area (Å²) in [7, 11) is 0. The Labute approximate surface area is 777 Å². The number of Topliss-reactive ketones (excluding diaryl/α,β-unsaturated/α-hetero) is 2. The zero-order valence-corrected chi connectivity index (χ0v) is 79.5. The molecule has 0 saturated heterocycles. The lowest BCUT2D eigenvalue weighted by Gasteiger charge is -2.28. The SMILES string of the molecule is C=C(Cc1ccn(C(C)C)c(=O)n1)c1ccccc1.C=C(Cc1nc(=O)n(C(C)C)cc1C)c1ccccc1.C=C1C=CN(C(C)C)C(=O)N1.C=C1NC(=O)N(C(C)C)C=C1C.CC(C)n1cnc2c(CC(=O)c3ccccc3)ncnc21.CC(C)n1cnc2c(OCc3ccc(OC(=O)C(C)(C)C)cc3)nc(NC(=O)Cc3ccccc3)nc21.CC(C)n1cnc2c1N=CCC2=O. The molecule has 7 aromatic heterocycles. The molecule has 12 aromatic rings. The summed E-state index contributed by atoms with van der Waals surface area (Å²) >= 11 is 0. The molecule has 0 bridgehead atoms. The molecule has 30 nitrogen and oxygen atoms in total. The van der Waals surface area contributed by atoms with E-state index in [1.165, 1.54) is 6.33 Å². The van der Waals surface area contributed by atoms with Gasteiger partial charge in [-0.25, -0.2) is 49.1 Å². The Kier molecular flexibility index (Phi) is 36.3. The number of carbonyl (C=O) groups is 6. The zero-order valence-electron chi connectivity index (χ0n) is 79.5. The minimum atomic E-state index is -0.590. The van der Waals surface area contributed by atoms with E-state index in [4.69, 9.17) is 9.47 Å². The van der Waals surface area contributed by atoms with Crippen LogP contribution in [0.3, 0.4) is 0 Å². The van der Waals surface area contributed by atoms with Crippen molar-refractivity contribution >= 4 is 87.0 Å². The Bertz CT molecular complexity index is 6330. The number of urea groups is 2. The summed E-state index contributed by atoms with van der Waals surface area (Å²) in [5.74, 6) is 1.14. The van der Waals surface area contributed by atoms with Crippen LogP contribution in [0.1, 0.15) is 227 Å². The largest absolute Gasteiger partial charge is 0.471 e. The fourth-order valence-electron chi connectivity index (χ4n) is 13.1. The molecule has 3 aliphatic heterocycles. The fourth-order valence-corrected chi connectivity index (χ4v) is 13.1. The van der Waals surface area contributed by atoms with Crippen LogP contribution in [0.15, 0.2) is 266 Å². The first-order chi connectivity index (χ1) is 63.1. The van der Waals surface area contributed by atoms with Gasteiger partial charge in [-0.15, -0.1) is 0 Å². The highest BCUT2D eigenvalue weighted by molar-refractivity contribution is 6.08. The van der Waals surface area contributed by atoms with Crippen LogP contribution in [0, 0.1) is 12.3 Å².